The van der Waals surface area contributed by atoms with Gasteiger partial charge in [-0.25, -0.2) is 0 Å². The van der Waals surface area contributed by atoms with E-state index in [4.69, 9.17) is 0 Å². The molecule has 0 radical (unpaired) electrons. The van der Waals surface area contributed by atoms with E-state index in [2.05, 4.69) is 24.3 Å². The van der Waals surface area contributed by atoms with Crippen LogP contribution in [0.3, 0.4) is 0 Å². The minimum absolute atomic E-state index is 0. The molecule has 1 heteroatoms. The summed E-state index contributed by atoms with van der Waals surface area (Å²) in [5, 5.41) is 0. The van der Waals surface area contributed by atoms with Crippen LogP contribution < -0.4 is 0 Å². The Morgan fingerprint density at radius 3 is 1.90 bits per heavy atom. The Balaban J connectivity index is 0.000000500. The molecule has 0 aromatic heterocycles. The van der Waals surface area contributed by atoms with Crippen molar-refractivity contribution in [3.8, 4) is 0 Å². The molecule has 0 fully saturated rings. The van der Waals surface area contributed by atoms with E-state index in [1.807, 2.05) is 0 Å². The molecule has 0 atom stereocenters. The Kier molecular flexibility index (Phi) is 2.05. The molecule has 0 unspecified atom stereocenters. The molecule has 10 heavy (non-hydrogen) atoms. The number of hydrogen-bond donors (Lipinski definition) is 0. The molecule has 0 spiro atoms. The first-order valence-corrected chi connectivity index (χ1v) is 3.53. The van der Waals surface area contributed by atoms with Crippen LogP contribution in [0.15, 0.2) is 24.3 Å². The Morgan fingerprint density at radius 1 is 0.900 bits per heavy atom. The summed E-state index contributed by atoms with van der Waals surface area (Å²) in [5.74, 6) is 0. The highest BCUT2D eigenvalue weighted by Crippen LogP contribution is 2.20. The molecule has 1 aliphatic rings. The third-order valence-corrected chi connectivity index (χ3v) is 2.01. The van der Waals surface area contributed by atoms with E-state index < -0.39 is 0 Å². The van der Waals surface area contributed by atoms with Gasteiger partial charge in [0.1, 0.15) is 0 Å². The zero-order valence-corrected chi connectivity index (χ0v) is 5.84. The molecule has 0 bridgehead atoms. The highest BCUT2D eigenvalue weighted by molar-refractivity contribution is 5.30. The largest absolute Gasteiger partial charge is 0.269 e. The van der Waals surface area contributed by atoms with Gasteiger partial charge >= 0.3 is 0 Å². The number of aryl methyl sites for hydroxylation is 2. The van der Waals surface area contributed by atoms with Gasteiger partial charge in [-0.3, -0.25) is 4.70 Å². The number of benzene rings is 1. The number of rotatable bonds is 0. The van der Waals surface area contributed by atoms with Gasteiger partial charge in [-0.15, -0.1) is 0 Å². The fourth-order valence-electron chi connectivity index (χ4n) is 1.51. The first-order chi connectivity index (χ1) is 4.47. The summed E-state index contributed by atoms with van der Waals surface area (Å²) in [4.78, 5) is 0. The molecule has 1 aromatic carbocycles. The molecule has 0 saturated carbocycles. The third-order valence-electron chi connectivity index (χ3n) is 2.01. The summed E-state index contributed by atoms with van der Waals surface area (Å²) in [6, 6.07) is 8.74. The Morgan fingerprint density at radius 2 is 1.40 bits per heavy atom. The quantitative estimate of drug-likeness (QED) is 0.516. The maximum absolute atomic E-state index is 2.24. The van der Waals surface area contributed by atoms with E-state index in [1.165, 1.54) is 19.3 Å². The fourth-order valence-corrected chi connectivity index (χ4v) is 1.51. The van der Waals surface area contributed by atoms with Crippen molar-refractivity contribution in [2.24, 2.45) is 0 Å². The topological polar surface area (TPSA) is 0 Å². The van der Waals surface area contributed by atoms with E-state index in [0.717, 1.165) is 0 Å². The predicted octanol–water partition coefficient (Wildman–Crippen LogP) is 2.33. The third kappa shape index (κ3) is 1.04. The summed E-state index contributed by atoms with van der Waals surface area (Å²) < 4.78 is 0. The minimum atomic E-state index is 0. The SMILES string of the molecule is F.c1ccc2c(c1)CCC2. The van der Waals surface area contributed by atoms with Crippen LogP contribution in [0.25, 0.3) is 0 Å². The summed E-state index contributed by atoms with van der Waals surface area (Å²) in [7, 11) is 0. The van der Waals surface area contributed by atoms with Gasteiger partial charge in [0, 0.05) is 0 Å². The van der Waals surface area contributed by atoms with Gasteiger partial charge < -0.3 is 0 Å². The van der Waals surface area contributed by atoms with E-state index in [1.54, 1.807) is 11.1 Å². The van der Waals surface area contributed by atoms with Gasteiger partial charge in [0.15, 0.2) is 0 Å². The van der Waals surface area contributed by atoms with E-state index in [9.17, 15) is 0 Å². The zero-order valence-electron chi connectivity index (χ0n) is 5.84. The standard InChI is InChI=1S/C9H10.FH/c1-2-5-9-7-3-6-8(9)4-1;/h1-2,4-5H,3,6-7H2;1H. The lowest BCUT2D eigenvalue weighted by Crippen LogP contribution is -1.77. The average Bonchev–Trinajstić information content (AvgIpc) is 2.33. The molecule has 0 aliphatic heterocycles. The maximum Gasteiger partial charge on any atom is -0.0273 e. The van der Waals surface area contributed by atoms with Crippen LogP contribution in [-0.2, 0) is 12.8 Å². The van der Waals surface area contributed by atoms with E-state index in [-0.39, 0.29) is 4.70 Å². The monoisotopic (exact) mass is 138 g/mol. The van der Waals surface area contributed by atoms with Crippen LogP contribution in [0.5, 0.6) is 0 Å². The van der Waals surface area contributed by atoms with Crippen LogP contribution in [0, 0.1) is 0 Å². The molecule has 0 nitrogen and oxygen atoms in total. The van der Waals surface area contributed by atoms with Crippen molar-refractivity contribution >= 4 is 0 Å². The molecular formula is C9H11F. The van der Waals surface area contributed by atoms with Gasteiger partial charge in [0.2, 0.25) is 0 Å². The Hall–Kier alpha value is -0.850. The van der Waals surface area contributed by atoms with Crippen molar-refractivity contribution in [1.29, 1.82) is 0 Å². The lowest BCUT2D eigenvalue weighted by atomic mass is 10.1. The average molecular weight is 138 g/mol. The minimum Gasteiger partial charge on any atom is -0.269 e. The molecular weight excluding hydrogens is 127 g/mol. The summed E-state index contributed by atoms with van der Waals surface area (Å²) in [5.41, 5.74) is 3.13. The van der Waals surface area contributed by atoms with E-state index >= 15 is 0 Å². The van der Waals surface area contributed by atoms with Crippen LogP contribution >= 0.6 is 0 Å². The van der Waals surface area contributed by atoms with Crippen molar-refractivity contribution in [2.75, 3.05) is 0 Å². The summed E-state index contributed by atoms with van der Waals surface area (Å²) in [6.45, 7) is 0. The van der Waals surface area contributed by atoms with Gasteiger partial charge in [-0.1, -0.05) is 24.3 Å². The first-order valence-electron chi connectivity index (χ1n) is 3.53. The van der Waals surface area contributed by atoms with Gasteiger partial charge in [0.05, 0.1) is 0 Å². The predicted molar refractivity (Wildman–Crippen MR) is 41.0 cm³/mol. The summed E-state index contributed by atoms with van der Waals surface area (Å²) >= 11 is 0. The van der Waals surface area contributed by atoms with Crippen molar-refractivity contribution in [2.45, 2.75) is 19.3 Å². The van der Waals surface area contributed by atoms with Gasteiger partial charge in [0.25, 0.3) is 0 Å². The molecule has 1 aromatic rings. The Bertz CT molecular complexity index is 195. The number of fused-ring (bicyclic) bond motifs is 1. The lowest BCUT2D eigenvalue weighted by Gasteiger charge is -1.93. The van der Waals surface area contributed by atoms with Crippen molar-refractivity contribution < 1.29 is 4.70 Å². The molecule has 0 saturated heterocycles. The van der Waals surface area contributed by atoms with Gasteiger partial charge in [-0.2, -0.15) is 0 Å². The first kappa shape index (κ1) is 7.26. The second kappa shape index (κ2) is 2.82. The fraction of sp³-hybridized carbons (Fsp3) is 0.333. The van der Waals surface area contributed by atoms with Gasteiger partial charge in [-0.05, 0) is 30.4 Å². The molecule has 0 amide bonds. The Labute approximate surface area is 60.2 Å². The lowest BCUT2D eigenvalue weighted by molar-refractivity contribution is 0.912. The number of hydrogen-bond acceptors (Lipinski definition) is 0. The van der Waals surface area contributed by atoms with Crippen LogP contribution in [0.4, 0.5) is 4.70 Å². The molecule has 0 N–H and O–H groups in total. The van der Waals surface area contributed by atoms with Crippen molar-refractivity contribution in [3.63, 3.8) is 0 Å². The highest BCUT2D eigenvalue weighted by Gasteiger charge is 2.07. The highest BCUT2D eigenvalue weighted by atomic mass is 19.0. The summed E-state index contributed by atoms with van der Waals surface area (Å²) in [6.07, 6.45) is 3.96. The molecule has 0 heterocycles. The second-order valence-electron chi connectivity index (χ2n) is 2.62. The van der Waals surface area contributed by atoms with E-state index in [0.29, 0.717) is 0 Å². The number of halogens is 1. The normalized spacial score (nSPS) is 14.0. The van der Waals surface area contributed by atoms with Crippen LogP contribution in [0.2, 0.25) is 0 Å². The maximum atomic E-state index is 2.24. The van der Waals surface area contributed by atoms with Crippen LogP contribution in [-0.4, -0.2) is 0 Å². The molecule has 54 valence electrons. The molecule has 1 aliphatic carbocycles. The molecule has 2 rings (SSSR count). The van der Waals surface area contributed by atoms with Crippen molar-refractivity contribution in [3.05, 3.63) is 35.4 Å². The smallest absolute Gasteiger partial charge is 0.0273 e. The second-order valence-corrected chi connectivity index (χ2v) is 2.62. The van der Waals surface area contributed by atoms with Crippen molar-refractivity contribution in [1.82, 2.24) is 0 Å². The van der Waals surface area contributed by atoms with Crippen LogP contribution in [0.1, 0.15) is 17.5 Å². The zero-order chi connectivity index (χ0) is 6.10.